The van der Waals surface area contributed by atoms with Crippen LogP contribution in [-0.2, 0) is 16.1 Å². The third kappa shape index (κ3) is 4.05. The molecular weight excluding hydrogens is 256 g/mol. The van der Waals surface area contributed by atoms with Gasteiger partial charge in [-0.05, 0) is 9.91 Å². The molecule has 1 heterocycles. The molecule has 0 saturated carbocycles. The van der Waals surface area contributed by atoms with Crippen LogP contribution in [-0.4, -0.2) is 49.9 Å². The van der Waals surface area contributed by atoms with Crippen LogP contribution in [0.1, 0.15) is 12.2 Å². The lowest BCUT2D eigenvalue weighted by atomic mass is 10.4. The Kier molecular flexibility index (Phi) is 4.56. The average Bonchev–Trinajstić information content (AvgIpc) is 2.68. The van der Waals surface area contributed by atoms with E-state index in [-0.39, 0.29) is 31.2 Å². The van der Waals surface area contributed by atoms with Crippen molar-refractivity contribution in [3.63, 3.8) is 0 Å². The van der Waals surface area contributed by atoms with Gasteiger partial charge in [-0.1, -0.05) is 0 Å². The second-order valence-corrected chi connectivity index (χ2v) is 3.99. The summed E-state index contributed by atoms with van der Waals surface area (Å²) in [6, 6.07) is 0. The van der Waals surface area contributed by atoms with Gasteiger partial charge in [0, 0.05) is 20.5 Å². The molecule has 0 radical (unpaired) electrons. The number of likely N-dealkylation sites (N-methyl/N-ethyl adjacent to an activating group) is 1. The number of imidazole rings is 1. The first-order valence-corrected chi connectivity index (χ1v) is 5.45. The SMILES string of the molecule is Cc1nc([N+](=O)[O-])cn1CC(=O)N(C)CCC(=O)O. The van der Waals surface area contributed by atoms with Gasteiger partial charge in [0.15, 0.2) is 0 Å². The van der Waals surface area contributed by atoms with E-state index in [0.29, 0.717) is 5.82 Å². The van der Waals surface area contributed by atoms with Crippen molar-refractivity contribution >= 4 is 17.7 Å². The molecule has 0 spiro atoms. The first-order valence-electron chi connectivity index (χ1n) is 5.45. The molecule has 9 heteroatoms. The van der Waals surface area contributed by atoms with Crippen molar-refractivity contribution in [2.45, 2.75) is 19.9 Å². The molecule has 1 aromatic heterocycles. The first-order chi connectivity index (χ1) is 8.81. The van der Waals surface area contributed by atoms with E-state index in [4.69, 9.17) is 5.11 Å². The Balaban J connectivity index is 2.66. The molecule has 0 unspecified atom stereocenters. The lowest BCUT2D eigenvalue weighted by Gasteiger charge is -2.16. The fourth-order valence-electron chi connectivity index (χ4n) is 1.39. The molecule has 1 rings (SSSR count). The van der Waals surface area contributed by atoms with Crippen molar-refractivity contribution in [1.82, 2.24) is 14.5 Å². The highest BCUT2D eigenvalue weighted by Crippen LogP contribution is 2.10. The van der Waals surface area contributed by atoms with E-state index in [1.165, 1.54) is 22.7 Å². The van der Waals surface area contributed by atoms with Gasteiger partial charge in [-0.2, -0.15) is 0 Å². The van der Waals surface area contributed by atoms with E-state index < -0.39 is 10.9 Å². The van der Waals surface area contributed by atoms with Crippen LogP contribution in [0.2, 0.25) is 0 Å². The molecule has 0 aliphatic heterocycles. The number of nitro groups is 1. The number of carbonyl (C=O) groups is 2. The molecular formula is C10H14N4O5. The molecule has 0 saturated heterocycles. The Morgan fingerprint density at radius 3 is 2.68 bits per heavy atom. The fourth-order valence-corrected chi connectivity index (χ4v) is 1.39. The highest BCUT2D eigenvalue weighted by atomic mass is 16.6. The smallest absolute Gasteiger partial charge is 0.381 e. The Morgan fingerprint density at radius 1 is 1.58 bits per heavy atom. The number of aliphatic carboxylic acids is 1. The van der Waals surface area contributed by atoms with Crippen molar-refractivity contribution in [1.29, 1.82) is 0 Å². The maximum Gasteiger partial charge on any atom is 0.381 e. The van der Waals surface area contributed by atoms with Crippen molar-refractivity contribution in [3.05, 3.63) is 22.1 Å². The first kappa shape index (κ1) is 14.6. The molecule has 19 heavy (non-hydrogen) atoms. The minimum atomic E-state index is -0.992. The Bertz CT molecular complexity index is 510. The van der Waals surface area contributed by atoms with Crippen LogP contribution in [0.4, 0.5) is 5.82 Å². The van der Waals surface area contributed by atoms with Crippen molar-refractivity contribution < 1.29 is 19.6 Å². The number of carboxylic acids is 1. The van der Waals surface area contributed by atoms with E-state index in [0.717, 1.165) is 0 Å². The normalized spacial score (nSPS) is 10.2. The predicted octanol–water partition coefficient (Wildman–Crippen LogP) is 0.0328. The number of nitrogens with zero attached hydrogens (tertiary/aromatic N) is 4. The van der Waals surface area contributed by atoms with Gasteiger partial charge in [0.25, 0.3) is 0 Å². The Labute approximate surface area is 108 Å². The topological polar surface area (TPSA) is 119 Å². The lowest BCUT2D eigenvalue weighted by Crippen LogP contribution is -2.32. The summed E-state index contributed by atoms with van der Waals surface area (Å²) >= 11 is 0. The summed E-state index contributed by atoms with van der Waals surface area (Å²) in [7, 11) is 1.48. The number of hydrogen-bond acceptors (Lipinski definition) is 5. The number of hydrogen-bond donors (Lipinski definition) is 1. The molecule has 0 bridgehead atoms. The quantitative estimate of drug-likeness (QED) is 0.575. The molecule has 1 amide bonds. The van der Waals surface area contributed by atoms with Crippen molar-refractivity contribution in [2.24, 2.45) is 0 Å². The summed E-state index contributed by atoms with van der Waals surface area (Å²) in [5.74, 6) is -1.30. The maximum absolute atomic E-state index is 11.8. The van der Waals surface area contributed by atoms with Gasteiger partial charge in [-0.15, -0.1) is 0 Å². The van der Waals surface area contributed by atoms with Crippen LogP contribution in [0.5, 0.6) is 0 Å². The summed E-state index contributed by atoms with van der Waals surface area (Å²) in [6.07, 6.45) is 1.03. The molecule has 0 aliphatic rings. The van der Waals surface area contributed by atoms with Gasteiger partial charge in [-0.25, -0.2) is 0 Å². The summed E-state index contributed by atoms with van der Waals surface area (Å²) < 4.78 is 1.36. The lowest BCUT2D eigenvalue weighted by molar-refractivity contribution is -0.389. The molecule has 0 aliphatic carbocycles. The third-order valence-corrected chi connectivity index (χ3v) is 2.54. The highest BCUT2D eigenvalue weighted by molar-refractivity contribution is 5.76. The van der Waals surface area contributed by atoms with E-state index in [2.05, 4.69) is 4.98 Å². The molecule has 9 nitrogen and oxygen atoms in total. The van der Waals surface area contributed by atoms with Crippen molar-refractivity contribution in [2.75, 3.05) is 13.6 Å². The minimum absolute atomic E-state index is 0.0873. The molecule has 0 atom stereocenters. The van der Waals surface area contributed by atoms with Crippen LogP contribution in [0.25, 0.3) is 0 Å². The minimum Gasteiger partial charge on any atom is -0.481 e. The van der Waals surface area contributed by atoms with Gasteiger partial charge in [0.2, 0.25) is 11.7 Å². The number of aromatic nitrogens is 2. The maximum atomic E-state index is 11.8. The number of rotatable bonds is 6. The number of amides is 1. The summed E-state index contributed by atoms with van der Waals surface area (Å²) in [5, 5.41) is 19.0. The van der Waals surface area contributed by atoms with Crippen LogP contribution in [0.15, 0.2) is 6.20 Å². The zero-order chi connectivity index (χ0) is 14.6. The van der Waals surface area contributed by atoms with Gasteiger partial charge in [0.1, 0.15) is 12.7 Å². The number of carboxylic acid groups (broad SMARTS) is 1. The highest BCUT2D eigenvalue weighted by Gasteiger charge is 2.18. The average molecular weight is 270 g/mol. The summed E-state index contributed by atoms with van der Waals surface area (Å²) in [6.45, 7) is 1.53. The van der Waals surface area contributed by atoms with E-state index in [9.17, 15) is 19.7 Å². The zero-order valence-electron chi connectivity index (χ0n) is 10.6. The monoisotopic (exact) mass is 270 g/mol. The van der Waals surface area contributed by atoms with Crippen LogP contribution in [0, 0.1) is 17.0 Å². The number of carbonyl (C=O) groups excluding carboxylic acids is 1. The predicted molar refractivity (Wildman–Crippen MR) is 63.5 cm³/mol. The summed E-state index contributed by atoms with van der Waals surface area (Å²) in [5.41, 5.74) is 0. The second-order valence-electron chi connectivity index (χ2n) is 3.99. The zero-order valence-corrected chi connectivity index (χ0v) is 10.6. The second kappa shape index (κ2) is 5.94. The fraction of sp³-hybridized carbons (Fsp3) is 0.500. The van der Waals surface area contributed by atoms with E-state index in [1.54, 1.807) is 6.92 Å². The number of aryl methyl sites for hydroxylation is 1. The molecule has 1 N–H and O–H groups in total. The Hall–Kier alpha value is -2.45. The third-order valence-electron chi connectivity index (χ3n) is 2.54. The van der Waals surface area contributed by atoms with Gasteiger partial charge in [-0.3, -0.25) is 14.2 Å². The van der Waals surface area contributed by atoms with Gasteiger partial charge in [0.05, 0.1) is 6.42 Å². The summed E-state index contributed by atoms with van der Waals surface area (Å²) in [4.78, 5) is 37.0. The van der Waals surface area contributed by atoms with E-state index >= 15 is 0 Å². The standard InChI is InChI=1S/C10H14N4O5/c1-7-11-8(14(18)19)5-13(7)6-9(15)12(2)4-3-10(16)17/h5H,3-4,6H2,1-2H3,(H,16,17). The molecule has 1 aromatic rings. The molecule has 0 aromatic carbocycles. The molecule has 0 fully saturated rings. The van der Waals surface area contributed by atoms with Crippen LogP contribution in [0.3, 0.4) is 0 Å². The molecule has 104 valence electrons. The van der Waals surface area contributed by atoms with Crippen molar-refractivity contribution in [3.8, 4) is 0 Å². The van der Waals surface area contributed by atoms with Crippen LogP contribution >= 0.6 is 0 Å². The Morgan fingerprint density at radius 2 is 2.21 bits per heavy atom. The van der Waals surface area contributed by atoms with Gasteiger partial charge >= 0.3 is 11.8 Å². The van der Waals surface area contributed by atoms with E-state index in [1.807, 2.05) is 0 Å². The van der Waals surface area contributed by atoms with Gasteiger partial charge < -0.3 is 20.1 Å². The van der Waals surface area contributed by atoms with Crippen LogP contribution < -0.4 is 0 Å². The largest absolute Gasteiger partial charge is 0.481 e.